The number of hydrogen-bond acceptors (Lipinski definition) is 4. The van der Waals surface area contributed by atoms with Crippen LogP contribution in [0, 0.1) is 0 Å². The van der Waals surface area contributed by atoms with Gasteiger partial charge in [-0.25, -0.2) is 4.79 Å². The van der Waals surface area contributed by atoms with Gasteiger partial charge in [0, 0.05) is 64.4 Å². The summed E-state index contributed by atoms with van der Waals surface area (Å²) in [6, 6.07) is 22.1. The average molecular weight is 489 g/mol. The molecule has 0 aliphatic carbocycles. The van der Waals surface area contributed by atoms with Gasteiger partial charge in [-0.3, -0.25) is 14.6 Å². The Morgan fingerprint density at radius 2 is 1.61 bits per heavy atom. The van der Waals surface area contributed by atoms with Gasteiger partial charge >= 0.3 is 6.03 Å². The molecule has 1 fully saturated rings. The van der Waals surface area contributed by atoms with E-state index < -0.39 is 0 Å². The lowest BCUT2D eigenvalue weighted by Gasteiger charge is -2.33. The molecular weight excluding hydrogens is 452 g/mol. The average Bonchev–Trinajstić information content (AvgIpc) is 3.44. The number of urea groups is 1. The number of aromatic nitrogens is 1. The topological polar surface area (TPSA) is 58.0 Å². The molecule has 3 amide bonds. The van der Waals surface area contributed by atoms with E-state index in [2.05, 4.69) is 17.0 Å². The van der Waals surface area contributed by atoms with E-state index in [1.807, 2.05) is 76.5 Å². The molecule has 3 aromatic rings. The van der Waals surface area contributed by atoms with Crippen LogP contribution in [0.15, 0.2) is 79.1 Å². The van der Waals surface area contributed by atoms with Crippen molar-refractivity contribution >= 4 is 11.9 Å². The van der Waals surface area contributed by atoms with Crippen LogP contribution in [0.5, 0.6) is 0 Å². The Morgan fingerprint density at radius 3 is 2.39 bits per heavy atom. The van der Waals surface area contributed by atoms with Crippen LogP contribution in [0.2, 0.25) is 0 Å². The van der Waals surface area contributed by atoms with Gasteiger partial charge in [0.25, 0.3) is 0 Å². The zero-order valence-corrected chi connectivity index (χ0v) is 21.1. The van der Waals surface area contributed by atoms with Crippen molar-refractivity contribution in [2.24, 2.45) is 0 Å². The van der Waals surface area contributed by atoms with E-state index in [4.69, 9.17) is 4.74 Å². The second kappa shape index (κ2) is 13.0. The van der Waals surface area contributed by atoms with E-state index in [0.717, 1.165) is 43.7 Å². The zero-order chi connectivity index (χ0) is 25.2. The Kier molecular flexibility index (Phi) is 9.30. The molecule has 0 N–H and O–H groups in total. The quantitative estimate of drug-likeness (QED) is 0.415. The van der Waals surface area contributed by atoms with Crippen LogP contribution in [-0.4, -0.2) is 71.1 Å². The van der Waals surface area contributed by atoms with E-state index >= 15 is 0 Å². The number of carbonyl (C=O) groups excluding carboxylic acids is 2. The number of ether oxygens (including phenoxy) is 1. The first kappa shape index (κ1) is 25.7. The van der Waals surface area contributed by atoms with Gasteiger partial charge in [-0.15, -0.1) is 0 Å². The van der Waals surface area contributed by atoms with E-state index in [9.17, 15) is 9.59 Å². The summed E-state index contributed by atoms with van der Waals surface area (Å²) in [6.07, 6.45) is 5.77. The fourth-order valence-electron chi connectivity index (χ4n) is 4.60. The standard InChI is InChI=1S/C29H36N4O3/c1-36-21-9-18-32-20-19-30(23-25-10-3-2-4-11-25)15-8-14-28(34)33(29(32)35)24-26-12-7-13-27(22-26)31-16-5-6-17-31/h2-7,10-13,16-17,22H,8-9,14-15,18-21,23-24H2,1H3. The summed E-state index contributed by atoms with van der Waals surface area (Å²) in [4.78, 5) is 32.6. The Morgan fingerprint density at radius 1 is 0.833 bits per heavy atom. The monoisotopic (exact) mass is 488 g/mol. The highest BCUT2D eigenvalue weighted by molar-refractivity contribution is 5.94. The van der Waals surface area contributed by atoms with Crippen LogP contribution in [0.25, 0.3) is 5.69 Å². The lowest BCUT2D eigenvalue weighted by Crippen LogP contribution is -2.49. The number of carbonyl (C=O) groups is 2. The van der Waals surface area contributed by atoms with E-state index in [-0.39, 0.29) is 18.5 Å². The maximum Gasteiger partial charge on any atom is 0.327 e. The smallest absolute Gasteiger partial charge is 0.327 e. The van der Waals surface area contributed by atoms with Crippen LogP contribution in [-0.2, 0) is 22.6 Å². The molecule has 1 aromatic heterocycles. The predicted molar refractivity (Wildman–Crippen MR) is 141 cm³/mol. The third-order valence-electron chi connectivity index (χ3n) is 6.53. The minimum Gasteiger partial charge on any atom is -0.385 e. The summed E-state index contributed by atoms with van der Waals surface area (Å²) in [5.41, 5.74) is 3.18. The van der Waals surface area contributed by atoms with Gasteiger partial charge in [0.05, 0.1) is 6.54 Å². The lowest BCUT2D eigenvalue weighted by atomic mass is 10.1. The molecular formula is C29H36N4O3. The number of hydrogen-bond donors (Lipinski definition) is 0. The summed E-state index contributed by atoms with van der Waals surface area (Å²) in [7, 11) is 1.67. The van der Waals surface area contributed by atoms with Crippen molar-refractivity contribution < 1.29 is 14.3 Å². The first-order chi connectivity index (χ1) is 17.6. The fraction of sp³-hybridized carbons (Fsp3) is 0.379. The molecule has 0 bridgehead atoms. The van der Waals surface area contributed by atoms with Gasteiger partial charge in [0.15, 0.2) is 0 Å². The molecule has 1 aliphatic rings. The largest absolute Gasteiger partial charge is 0.385 e. The first-order valence-corrected chi connectivity index (χ1v) is 12.7. The molecule has 0 saturated carbocycles. The van der Waals surface area contributed by atoms with E-state index in [1.165, 1.54) is 10.5 Å². The molecule has 1 aliphatic heterocycles. The molecule has 0 spiro atoms. The molecule has 36 heavy (non-hydrogen) atoms. The molecule has 0 radical (unpaired) electrons. The highest BCUT2D eigenvalue weighted by Crippen LogP contribution is 2.17. The molecule has 2 aromatic carbocycles. The highest BCUT2D eigenvalue weighted by atomic mass is 16.5. The minimum atomic E-state index is -0.218. The van der Waals surface area contributed by atoms with E-state index in [1.54, 1.807) is 7.11 Å². The van der Waals surface area contributed by atoms with Crippen LogP contribution in [0.1, 0.15) is 30.4 Å². The molecule has 0 unspecified atom stereocenters. The summed E-state index contributed by atoms with van der Waals surface area (Å²) in [5.74, 6) is -0.121. The highest BCUT2D eigenvalue weighted by Gasteiger charge is 2.28. The number of nitrogens with zero attached hydrogens (tertiary/aromatic N) is 4. The van der Waals surface area contributed by atoms with E-state index in [0.29, 0.717) is 26.1 Å². The van der Waals surface area contributed by atoms with Gasteiger partial charge in [-0.05, 0) is 54.8 Å². The number of amides is 3. The molecule has 4 rings (SSSR count). The van der Waals surface area contributed by atoms with Crippen molar-refractivity contribution in [3.63, 3.8) is 0 Å². The SMILES string of the molecule is COCCCN1CCN(Cc2ccccc2)CCCC(=O)N(Cc2cccc(-n3cccc3)c2)C1=O. The molecule has 190 valence electrons. The van der Waals surface area contributed by atoms with Gasteiger partial charge in [-0.1, -0.05) is 42.5 Å². The van der Waals surface area contributed by atoms with Crippen LogP contribution >= 0.6 is 0 Å². The second-order valence-electron chi connectivity index (χ2n) is 9.22. The minimum absolute atomic E-state index is 0.121. The molecule has 7 heteroatoms. The van der Waals surface area contributed by atoms with Crippen molar-refractivity contribution in [3.05, 3.63) is 90.3 Å². The van der Waals surface area contributed by atoms with Crippen LogP contribution in [0.3, 0.4) is 0 Å². The number of methoxy groups -OCH3 is 1. The molecule has 1 saturated heterocycles. The summed E-state index contributed by atoms with van der Waals surface area (Å²) >= 11 is 0. The Balaban J connectivity index is 1.51. The van der Waals surface area contributed by atoms with Crippen molar-refractivity contribution in [2.75, 3.05) is 39.9 Å². The zero-order valence-electron chi connectivity index (χ0n) is 21.1. The van der Waals surface area contributed by atoms with Crippen molar-refractivity contribution in [1.29, 1.82) is 0 Å². The van der Waals surface area contributed by atoms with Crippen molar-refractivity contribution in [2.45, 2.75) is 32.4 Å². The van der Waals surface area contributed by atoms with Crippen molar-refractivity contribution in [3.8, 4) is 5.69 Å². The maximum atomic E-state index is 13.7. The molecule has 2 heterocycles. The van der Waals surface area contributed by atoms with Crippen LogP contribution in [0.4, 0.5) is 4.79 Å². The summed E-state index contributed by atoms with van der Waals surface area (Å²) in [6.45, 7) is 4.36. The summed E-state index contributed by atoms with van der Waals surface area (Å²) < 4.78 is 7.25. The number of rotatable bonds is 9. The predicted octanol–water partition coefficient (Wildman–Crippen LogP) is 4.56. The second-order valence-corrected chi connectivity index (χ2v) is 9.22. The van der Waals surface area contributed by atoms with Gasteiger partial charge in [0.2, 0.25) is 5.91 Å². The third-order valence-corrected chi connectivity index (χ3v) is 6.53. The van der Waals surface area contributed by atoms with Gasteiger partial charge in [0.1, 0.15) is 0 Å². The molecule has 0 atom stereocenters. The summed E-state index contributed by atoms with van der Waals surface area (Å²) in [5, 5.41) is 0. The number of imide groups is 1. The lowest BCUT2D eigenvalue weighted by molar-refractivity contribution is -0.129. The van der Waals surface area contributed by atoms with Gasteiger partial charge in [-0.2, -0.15) is 0 Å². The third kappa shape index (κ3) is 7.06. The fourth-order valence-corrected chi connectivity index (χ4v) is 4.60. The first-order valence-electron chi connectivity index (χ1n) is 12.7. The number of benzene rings is 2. The van der Waals surface area contributed by atoms with Crippen LogP contribution < -0.4 is 0 Å². The Labute approximate surface area is 213 Å². The van der Waals surface area contributed by atoms with Crippen molar-refractivity contribution in [1.82, 2.24) is 19.3 Å². The molecule has 7 nitrogen and oxygen atoms in total. The Bertz CT molecular complexity index is 1100. The maximum absolute atomic E-state index is 13.7. The normalized spacial score (nSPS) is 15.9. The Hall–Kier alpha value is -3.42. The van der Waals surface area contributed by atoms with Gasteiger partial charge < -0.3 is 14.2 Å².